The molecule has 4 nitrogen and oxygen atoms in total. The summed E-state index contributed by atoms with van der Waals surface area (Å²) in [4.78, 5) is 22.9. The minimum absolute atomic E-state index is 0.0697. The topological polar surface area (TPSA) is 66.4 Å². The van der Waals surface area contributed by atoms with E-state index in [2.05, 4.69) is 5.32 Å². The van der Waals surface area contributed by atoms with Crippen LogP contribution in [0.5, 0.6) is 0 Å². The van der Waals surface area contributed by atoms with Crippen LogP contribution in [-0.4, -0.2) is 23.5 Å². The number of rotatable bonds is 6. The van der Waals surface area contributed by atoms with Crippen molar-refractivity contribution in [2.75, 3.05) is 6.54 Å². The first-order chi connectivity index (χ1) is 9.90. The molecule has 0 saturated carbocycles. The molecular formula is C16H19NO3S. The van der Waals surface area contributed by atoms with Gasteiger partial charge in [0.05, 0.1) is 11.8 Å². The Balaban J connectivity index is 1.89. The number of hydrogen-bond donors (Lipinski definition) is 2. The van der Waals surface area contributed by atoms with Gasteiger partial charge in [-0.25, -0.2) is 0 Å². The number of carboxylic acid groups (broad SMARTS) is 1. The Morgan fingerprint density at radius 3 is 2.71 bits per heavy atom. The van der Waals surface area contributed by atoms with Gasteiger partial charge in [0.15, 0.2) is 0 Å². The van der Waals surface area contributed by atoms with Crippen LogP contribution in [0.15, 0.2) is 29.6 Å². The highest BCUT2D eigenvalue weighted by Gasteiger charge is 2.26. The Labute approximate surface area is 127 Å². The summed E-state index contributed by atoms with van der Waals surface area (Å²) >= 11 is 1.63. The molecule has 0 radical (unpaired) electrons. The van der Waals surface area contributed by atoms with E-state index in [1.165, 1.54) is 4.70 Å². The molecule has 0 bridgehead atoms. The van der Waals surface area contributed by atoms with Crippen LogP contribution in [0.4, 0.5) is 0 Å². The Hall–Kier alpha value is -1.88. The lowest BCUT2D eigenvalue weighted by atomic mass is 9.90. The van der Waals surface area contributed by atoms with Crippen molar-refractivity contribution in [2.45, 2.75) is 26.7 Å². The van der Waals surface area contributed by atoms with Crippen LogP contribution >= 0.6 is 11.3 Å². The number of nitrogens with one attached hydrogen (secondary N) is 1. The zero-order valence-corrected chi connectivity index (χ0v) is 13.0. The van der Waals surface area contributed by atoms with E-state index >= 15 is 0 Å². The molecule has 1 amide bonds. The van der Waals surface area contributed by atoms with Crippen molar-refractivity contribution in [1.82, 2.24) is 5.32 Å². The molecule has 0 spiro atoms. The SMILES string of the molecule is CC(C)(CCNC(=O)Cc1csc2ccccc12)C(=O)O. The molecule has 0 aliphatic heterocycles. The van der Waals surface area contributed by atoms with E-state index in [1.807, 2.05) is 29.6 Å². The highest BCUT2D eigenvalue weighted by atomic mass is 32.1. The molecule has 1 heterocycles. The highest BCUT2D eigenvalue weighted by Crippen LogP contribution is 2.26. The van der Waals surface area contributed by atoms with E-state index in [4.69, 9.17) is 5.11 Å². The molecule has 1 aromatic carbocycles. The van der Waals surface area contributed by atoms with E-state index in [1.54, 1.807) is 25.2 Å². The van der Waals surface area contributed by atoms with E-state index in [0.29, 0.717) is 19.4 Å². The molecule has 21 heavy (non-hydrogen) atoms. The summed E-state index contributed by atoms with van der Waals surface area (Å²) in [7, 11) is 0. The Morgan fingerprint density at radius 2 is 2.00 bits per heavy atom. The second-order valence-electron chi connectivity index (χ2n) is 5.72. The first kappa shape index (κ1) is 15.5. The zero-order valence-electron chi connectivity index (χ0n) is 12.2. The average molecular weight is 305 g/mol. The summed E-state index contributed by atoms with van der Waals surface area (Å²) in [6.45, 7) is 3.70. The standard InChI is InChI=1S/C16H19NO3S/c1-16(2,15(19)20)7-8-17-14(18)9-11-10-21-13-6-4-3-5-12(11)13/h3-6,10H,7-9H2,1-2H3,(H,17,18)(H,19,20). The van der Waals surface area contributed by atoms with E-state index < -0.39 is 11.4 Å². The summed E-state index contributed by atoms with van der Waals surface area (Å²) in [6.07, 6.45) is 0.746. The summed E-state index contributed by atoms with van der Waals surface area (Å²) in [6, 6.07) is 8.00. The lowest BCUT2D eigenvalue weighted by Crippen LogP contribution is -2.32. The van der Waals surface area contributed by atoms with Crippen molar-refractivity contribution in [1.29, 1.82) is 0 Å². The lowest BCUT2D eigenvalue weighted by molar-refractivity contribution is -0.147. The number of hydrogen-bond acceptors (Lipinski definition) is 3. The number of thiophene rings is 1. The molecule has 0 fully saturated rings. The zero-order chi connectivity index (χ0) is 15.5. The van der Waals surface area contributed by atoms with Crippen molar-refractivity contribution in [2.24, 2.45) is 5.41 Å². The summed E-state index contributed by atoms with van der Waals surface area (Å²) in [5.41, 5.74) is 0.202. The van der Waals surface area contributed by atoms with Crippen LogP contribution in [0.2, 0.25) is 0 Å². The van der Waals surface area contributed by atoms with E-state index in [-0.39, 0.29) is 5.91 Å². The van der Waals surface area contributed by atoms with Crippen LogP contribution in [-0.2, 0) is 16.0 Å². The van der Waals surface area contributed by atoms with Crippen LogP contribution in [0.25, 0.3) is 10.1 Å². The maximum Gasteiger partial charge on any atom is 0.309 e. The largest absolute Gasteiger partial charge is 0.481 e. The van der Waals surface area contributed by atoms with Gasteiger partial charge in [-0.3, -0.25) is 9.59 Å². The number of amides is 1. The summed E-state index contributed by atoms with van der Waals surface area (Å²) in [5, 5.41) is 14.9. The van der Waals surface area contributed by atoms with Gasteiger partial charge in [0.1, 0.15) is 0 Å². The van der Waals surface area contributed by atoms with Gasteiger partial charge in [-0.05, 0) is 42.7 Å². The van der Waals surface area contributed by atoms with Gasteiger partial charge in [-0.1, -0.05) is 18.2 Å². The van der Waals surface area contributed by atoms with Crippen LogP contribution < -0.4 is 5.32 Å². The van der Waals surface area contributed by atoms with Crippen LogP contribution in [0.1, 0.15) is 25.8 Å². The van der Waals surface area contributed by atoms with E-state index in [9.17, 15) is 9.59 Å². The average Bonchev–Trinajstić information content (AvgIpc) is 2.82. The number of fused-ring (bicyclic) bond motifs is 1. The Morgan fingerprint density at radius 1 is 1.29 bits per heavy atom. The van der Waals surface area contributed by atoms with Crippen LogP contribution in [0, 0.1) is 5.41 Å². The molecule has 0 saturated heterocycles. The van der Waals surface area contributed by atoms with Crippen LogP contribution in [0.3, 0.4) is 0 Å². The van der Waals surface area contributed by atoms with Crippen molar-refractivity contribution in [3.05, 3.63) is 35.2 Å². The molecule has 2 aromatic rings. The van der Waals surface area contributed by atoms with Gasteiger partial charge >= 0.3 is 5.97 Å². The monoisotopic (exact) mass is 305 g/mol. The summed E-state index contributed by atoms with van der Waals surface area (Å²) in [5.74, 6) is -0.916. The molecule has 0 unspecified atom stereocenters. The van der Waals surface area contributed by atoms with Gasteiger partial charge < -0.3 is 10.4 Å². The second-order valence-corrected chi connectivity index (χ2v) is 6.63. The number of aliphatic carboxylic acids is 1. The fourth-order valence-electron chi connectivity index (χ4n) is 2.03. The van der Waals surface area contributed by atoms with Crippen molar-refractivity contribution < 1.29 is 14.7 Å². The first-order valence-corrected chi connectivity index (χ1v) is 7.73. The molecule has 0 aliphatic carbocycles. The van der Waals surface area contributed by atoms with Gasteiger partial charge in [0.2, 0.25) is 5.91 Å². The lowest BCUT2D eigenvalue weighted by Gasteiger charge is -2.18. The second kappa shape index (κ2) is 6.26. The predicted octanol–water partition coefficient (Wildman–Crippen LogP) is 3.06. The van der Waals surface area contributed by atoms with Crippen molar-refractivity contribution in [3.8, 4) is 0 Å². The Bertz CT molecular complexity index is 660. The normalized spacial score (nSPS) is 11.5. The Kier molecular flexibility index (Phi) is 4.63. The fourth-order valence-corrected chi connectivity index (χ4v) is 2.99. The third-order valence-electron chi connectivity index (χ3n) is 3.56. The number of carboxylic acids is 1. The fraction of sp³-hybridized carbons (Fsp3) is 0.375. The van der Waals surface area contributed by atoms with Gasteiger partial charge in [0, 0.05) is 11.2 Å². The van der Waals surface area contributed by atoms with Crippen molar-refractivity contribution in [3.63, 3.8) is 0 Å². The number of carbonyl (C=O) groups is 2. The van der Waals surface area contributed by atoms with Gasteiger partial charge in [-0.2, -0.15) is 0 Å². The molecule has 5 heteroatoms. The third kappa shape index (κ3) is 3.82. The summed E-state index contributed by atoms with van der Waals surface area (Å²) < 4.78 is 1.17. The molecule has 2 N–H and O–H groups in total. The number of carbonyl (C=O) groups excluding carboxylic acids is 1. The van der Waals surface area contributed by atoms with Crippen molar-refractivity contribution >= 4 is 33.3 Å². The van der Waals surface area contributed by atoms with Gasteiger partial charge in [0.25, 0.3) is 0 Å². The van der Waals surface area contributed by atoms with E-state index in [0.717, 1.165) is 10.9 Å². The maximum absolute atomic E-state index is 12.0. The molecular weight excluding hydrogens is 286 g/mol. The predicted molar refractivity (Wildman–Crippen MR) is 84.6 cm³/mol. The minimum atomic E-state index is -0.847. The molecule has 112 valence electrons. The smallest absolute Gasteiger partial charge is 0.309 e. The molecule has 0 atom stereocenters. The maximum atomic E-state index is 12.0. The first-order valence-electron chi connectivity index (χ1n) is 6.85. The quantitative estimate of drug-likeness (QED) is 0.862. The molecule has 2 rings (SSSR count). The highest BCUT2D eigenvalue weighted by molar-refractivity contribution is 7.17. The third-order valence-corrected chi connectivity index (χ3v) is 4.58. The molecule has 1 aromatic heterocycles. The van der Waals surface area contributed by atoms with Gasteiger partial charge in [-0.15, -0.1) is 11.3 Å². The minimum Gasteiger partial charge on any atom is -0.481 e. The number of benzene rings is 1. The molecule has 0 aliphatic rings.